The van der Waals surface area contributed by atoms with Crippen molar-refractivity contribution in [2.24, 2.45) is 0 Å². The van der Waals surface area contributed by atoms with Crippen molar-refractivity contribution in [1.82, 2.24) is 0 Å². The van der Waals surface area contributed by atoms with Crippen molar-refractivity contribution in [1.29, 1.82) is 0 Å². The maximum absolute atomic E-state index is 12.3. The highest BCUT2D eigenvalue weighted by Gasteiger charge is 2.11. The van der Waals surface area contributed by atoms with Crippen LogP contribution in [0.25, 0.3) is 6.08 Å². The summed E-state index contributed by atoms with van der Waals surface area (Å²) in [7, 11) is 2.98. The molecular weight excluding hydrogens is 442 g/mol. The van der Waals surface area contributed by atoms with E-state index in [-0.39, 0.29) is 0 Å². The summed E-state index contributed by atoms with van der Waals surface area (Å²) in [6.07, 6.45) is 3.41. The summed E-state index contributed by atoms with van der Waals surface area (Å²) in [5.41, 5.74) is 3.39. The zero-order chi connectivity index (χ0) is 23.6. The van der Waals surface area contributed by atoms with Crippen molar-refractivity contribution in [3.05, 3.63) is 94.5 Å². The molecule has 3 aromatic carbocycles. The smallest absolute Gasteiger partial charge is 0.331 e. The number of esters is 1. The summed E-state index contributed by atoms with van der Waals surface area (Å²) in [6.45, 7) is -0.407. The molecule has 0 aliphatic carbocycles. The van der Waals surface area contributed by atoms with E-state index in [1.165, 1.54) is 26.4 Å². The Morgan fingerprint density at radius 3 is 2.42 bits per heavy atom. The number of rotatable bonds is 9. The molecule has 1 amide bonds. The van der Waals surface area contributed by atoms with E-state index in [2.05, 4.69) is 5.32 Å². The van der Waals surface area contributed by atoms with Crippen LogP contribution in [0.4, 0.5) is 5.69 Å². The molecule has 0 aliphatic heterocycles. The molecule has 0 aromatic heterocycles. The zero-order valence-electron chi connectivity index (χ0n) is 18.3. The van der Waals surface area contributed by atoms with Gasteiger partial charge in [0.15, 0.2) is 18.1 Å². The summed E-state index contributed by atoms with van der Waals surface area (Å²) >= 11 is 6.16. The Balaban J connectivity index is 1.56. The normalized spacial score (nSPS) is 10.6. The highest BCUT2D eigenvalue weighted by Crippen LogP contribution is 2.36. The van der Waals surface area contributed by atoms with E-state index in [4.69, 9.17) is 25.8 Å². The third-order valence-electron chi connectivity index (χ3n) is 4.74. The summed E-state index contributed by atoms with van der Waals surface area (Å²) in [5, 5.41) is 3.15. The standard InChI is InChI=1S/C26H24ClNO5/c1-31-23-16-19(15-21(27)26(23)32-2)12-13-25(30)33-17-24(29)28-22-11-7-6-10-20(22)14-18-8-4-3-5-9-18/h3-13,15-16H,14,17H2,1-2H3,(H,28,29)/b13-12+. The molecule has 33 heavy (non-hydrogen) atoms. The highest BCUT2D eigenvalue weighted by molar-refractivity contribution is 6.32. The molecule has 0 fully saturated rings. The molecule has 0 unspecified atom stereocenters. The van der Waals surface area contributed by atoms with Gasteiger partial charge >= 0.3 is 5.97 Å². The fraction of sp³-hybridized carbons (Fsp3) is 0.154. The lowest BCUT2D eigenvalue weighted by Crippen LogP contribution is -2.20. The van der Waals surface area contributed by atoms with Gasteiger partial charge in [0.05, 0.1) is 19.2 Å². The Kier molecular flexibility index (Phi) is 8.49. The monoisotopic (exact) mass is 465 g/mol. The first-order valence-corrected chi connectivity index (χ1v) is 10.6. The molecule has 6 nitrogen and oxygen atoms in total. The fourth-order valence-corrected chi connectivity index (χ4v) is 3.48. The van der Waals surface area contributed by atoms with Crippen molar-refractivity contribution in [3.63, 3.8) is 0 Å². The third-order valence-corrected chi connectivity index (χ3v) is 5.02. The van der Waals surface area contributed by atoms with Crippen molar-refractivity contribution < 1.29 is 23.8 Å². The van der Waals surface area contributed by atoms with Gasteiger partial charge in [0.25, 0.3) is 5.91 Å². The van der Waals surface area contributed by atoms with Gasteiger partial charge in [0.2, 0.25) is 0 Å². The maximum Gasteiger partial charge on any atom is 0.331 e. The third kappa shape index (κ3) is 6.85. The Hall–Kier alpha value is -3.77. The van der Waals surface area contributed by atoms with Gasteiger partial charge in [-0.2, -0.15) is 0 Å². The number of methoxy groups -OCH3 is 2. The van der Waals surface area contributed by atoms with E-state index in [0.717, 1.165) is 11.1 Å². The number of nitrogens with one attached hydrogen (secondary N) is 1. The van der Waals surface area contributed by atoms with Gasteiger partial charge in [-0.05, 0) is 47.4 Å². The second kappa shape index (κ2) is 11.7. The molecule has 3 aromatic rings. The lowest BCUT2D eigenvalue weighted by Gasteiger charge is -2.11. The van der Waals surface area contributed by atoms with Crippen LogP contribution < -0.4 is 14.8 Å². The summed E-state index contributed by atoms with van der Waals surface area (Å²) in [6, 6.07) is 20.8. The first-order valence-electron chi connectivity index (χ1n) is 10.2. The molecular formula is C26H24ClNO5. The van der Waals surface area contributed by atoms with Crippen LogP contribution in [0.2, 0.25) is 5.02 Å². The van der Waals surface area contributed by atoms with Gasteiger partial charge in [0.1, 0.15) is 0 Å². The minimum atomic E-state index is -0.659. The lowest BCUT2D eigenvalue weighted by molar-refractivity contribution is -0.142. The van der Waals surface area contributed by atoms with Crippen LogP contribution in [0, 0.1) is 0 Å². The number of carbonyl (C=O) groups excluding carboxylic acids is 2. The molecule has 0 saturated heterocycles. The SMILES string of the molecule is COc1cc(/C=C/C(=O)OCC(=O)Nc2ccccc2Cc2ccccc2)cc(Cl)c1OC. The molecule has 3 rings (SSSR count). The Labute approximate surface area is 197 Å². The quantitative estimate of drug-likeness (QED) is 0.349. The van der Waals surface area contributed by atoms with Gasteiger partial charge in [0, 0.05) is 11.8 Å². The average molecular weight is 466 g/mol. The van der Waals surface area contributed by atoms with Crippen LogP contribution in [0.1, 0.15) is 16.7 Å². The van der Waals surface area contributed by atoms with E-state index >= 15 is 0 Å². The molecule has 0 aliphatic rings. The largest absolute Gasteiger partial charge is 0.493 e. The minimum Gasteiger partial charge on any atom is -0.493 e. The van der Waals surface area contributed by atoms with Crippen molar-refractivity contribution in [3.8, 4) is 11.5 Å². The number of benzene rings is 3. The van der Waals surface area contributed by atoms with Crippen molar-refractivity contribution in [2.45, 2.75) is 6.42 Å². The molecule has 0 saturated carbocycles. The van der Waals surface area contributed by atoms with Gasteiger partial charge in [-0.1, -0.05) is 60.1 Å². The maximum atomic E-state index is 12.3. The Bertz CT molecular complexity index is 1140. The molecule has 170 valence electrons. The fourth-order valence-electron chi connectivity index (χ4n) is 3.18. The minimum absolute atomic E-state index is 0.346. The number of halogens is 1. The number of para-hydroxylation sites is 1. The molecule has 0 atom stereocenters. The number of hydrogen-bond acceptors (Lipinski definition) is 5. The van der Waals surface area contributed by atoms with Crippen molar-refractivity contribution in [2.75, 3.05) is 26.1 Å². The zero-order valence-corrected chi connectivity index (χ0v) is 19.1. The van der Waals surface area contributed by atoms with Gasteiger partial charge < -0.3 is 19.5 Å². The number of amides is 1. The van der Waals surface area contributed by atoms with Crippen LogP contribution in [-0.2, 0) is 20.7 Å². The van der Waals surface area contributed by atoms with Crippen LogP contribution in [0.3, 0.4) is 0 Å². The van der Waals surface area contributed by atoms with E-state index in [1.54, 1.807) is 12.1 Å². The summed E-state index contributed by atoms with van der Waals surface area (Å²) in [4.78, 5) is 24.4. The number of ether oxygens (including phenoxy) is 3. The van der Waals surface area contributed by atoms with E-state index in [0.29, 0.717) is 34.2 Å². The highest BCUT2D eigenvalue weighted by atomic mass is 35.5. The molecule has 1 N–H and O–H groups in total. The number of carbonyl (C=O) groups is 2. The molecule has 0 heterocycles. The second-order valence-electron chi connectivity index (χ2n) is 7.05. The summed E-state index contributed by atoms with van der Waals surface area (Å²) in [5.74, 6) is -0.241. The van der Waals surface area contributed by atoms with Crippen LogP contribution in [-0.4, -0.2) is 32.7 Å². The lowest BCUT2D eigenvalue weighted by atomic mass is 10.0. The molecule has 0 radical (unpaired) electrons. The van der Waals surface area contributed by atoms with E-state index < -0.39 is 18.5 Å². The Morgan fingerprint density at radius 2 is 1.70 bits per heavy atom. The van der Waals surface area contributed by atoms with E-state index in [1.807, 2.05) is 54.6 Å². The predicted molar refractivity (Wildman–Crippen MR) is 129 cm³/mol. The first-order chi connectivity index (χ1) is 16.0. The van der Waals surface area contributed by atoms with Gasteiger partial charge in [-0.25, -0.2) is 4.79 Å². The molecule has 0 spiro atoms. The topological polar surface area (TPSA) is 73.9 Å². The van der Waals surface area contributed by atoms with Crippen molar-refractivity contribution >= 4 is 35.2 Å². The van der Waals surface area contributed by atoms with Gasteiger partial charge in [-0.15, -0.1) is 0 Å². The van der Waals surface area contributed by atoms with Crippen LogP contribution in [0.15, 0.2) is 72.8 Å². The summed E-state index contributed by atoms with van der Waals surface area (Å²) < 4.78 is 15.5. The van der Waals surface area contributed by atoms with Gasteiger partial charge in [-0.3, -0.25) is 4.79 Å². The predicted octanol–water partition coefficient (Wildman–Crippen LogP) is 5.14. The molecule has 0 bridgehead atoms. The number of anilines is 1. The average Bonchev–Trinajstić information content (AvgIpc) is 2.83. The Morgan fingerprint density at radius 1 is 0.970 bits per heavy atom. The first kappa shape index (κ1) is 23.9. The van der Waals surface area contributed by atoms with Crippen LogP contribution in [0.5, 0.6) is 11.5 Å². The van der Waals surface area contributed by atoms with E-state index in [9.17, 15) is 9.59 Å². The molecule has 7 heteroatoms. The van der Waals surface area contributed by atoms with Crippen LogP contribution >= 0.6 is 11.6 Å². The number of hydrogen-bond donors (Lipinski definition) is 1. The second-order valence-corrected chi connectivity index (χ2v) is 7.45.